The summed E-state index contributed by atoms with van der Waals surface area (Å²) < 4.78 is 79.9. The molecule has 55 heavy (non-hydrogen) atoms. The zero-order valence-electron chi connectivity index (χ0n) is 27.7. The molecule has 0 saturated heterocycles. The molecule has 0 aliphatic rings. The number of nitrogens with zero attached hydrogens (tertiary/aromatic N) is 8. The van der Waals surface area contributed by atoms with E-state index < -0.39 is 52.3 Å². The molecular weight excluding hydrogens is 800 g/mol. The summed E-state index contributed by atoms with van der Waals surface area (Å²) in [5.74, 6) is -6.27. The van der Waals surface area contributed by atoms with E-state index in [1.165, 1.54) is 46.7 Å². The van der Waals surface area contributed by atoms with E-state index in [1.807, 2.05) is 18.2 Å². The number of nitriles is 3. The minimum atomic E-state index is -0.918. The number of imidazole rings is 3. The molecule has 0 atom stereocenters. The average molecular weight is 823 g/mol. The number of hydrogen-bond donors (Lipinski definition) is 1. The predicted molar refractivity (Wildman–Crippen MR) is 183 cm³/mol. The molecule has 0 bridgehead atoms. The minimum Gasteiger partial charge on any atom is -0.336 e. The van der Waals surface area contributed by atoms with Crippen LogP contribution in [0.2, 0.25) is 0 Å². The van der Waals surface area contributed by atoms with Crippen molar-refractivity contribution in [3.05, 3.63) is 161 Å². The van der Waals surface area contributed by atoms with Gasteiger partial charge in [-0.1, -0.05) is 15.9 Å². The fourth-order valence-corrected chi connectivity index (χ4v) is 4.37. The van der Waals surface area contributed by atoms with Gasteiger partial charge in [0.15, 0.2) is 23.0 Å². The van der Waals surface area contributed by atoms with Gasteiger partial charge < -0.3 is 14.1 Å². The molecule has 1 N–H and O–H groups in total. The highest BCUT2D eigenvalue weighted by atomic mass is 79.9. The SMILES string of the molecule is N#Cc1cn(CC(=O)c2ccc(F)cc2F)cn1.N#Cc1cnc[nH]1.N#Cc1cncn1CC(=O)c1ccc(F)cc1F.O=C(CBr)c1ccc(F)cc1F. The zero-order valence-corrected chi connectivity index (χ0v) is 29.3. The van der Waals surface area contributed by atoms with Crippen molar-refractivity contribution in [3.63, 3.8) is 0 Å². The van der Waals surface area contributed by atoms with Crippen molar-refractivity contribution >= 4 is 33.3 Å². The molecule has 3 aromatic carbocycles. The number of Topliss-reactive ketones (excluding diaryl/α,β-unsaturated/α-hetero) is 3. The van der Waals surface area contributed by atoms with Gasteiger partial charge in [-0.3, -0.25) is 14.4 Å². The number of aromatic nitrogens is 6. The molecule has 3 aromatic heterocycles. The monoisotopic (exact) mass is 821 g/mol. The van der Waals surface area contributed by atoms with Crippen molar-refractivity contribution in [1.29, 1.82) is 15.8 Å². The molecule has 6 rings (SSSR count). The summed E-state index contributed by atoms with van der Waals surface area (Å²) in [6, 6.07) is 13.9. The van der Waals surface area contributed by atoms with Crippen LogP contribution in [0.25, 0.3) is 0 Å². The van der Waals surface area contributed by atoms with Crippen LogP contribution >= 0.6 is 15.9 Å². The number of rotatable bonds is 8. The fraction of sp³-hybridized carbons (Fsp3) is 0.0833. The van der Waals surface area contributed by atoms with Gasteiger partial charge in [-0.15, -0.1) is 0 Å². The van der Waals surface area contributed by atoms with Crippen molar-refractivity contribution in [2.75, 3.05) is 5.33 Å². The first kappa shape index (κ1) is 42.2. The summed E-state index contributed by atoms with van der Waals surface area (Å²) in [4.78, 5) is 48.1. The van der Waals surface area contributed by atoms with Crippen molar-refractivity contribution < 1.29 is 40.7 Å². The van der Waals surface area contributed by atoms with Gasteiger partial charge >= 0.3 is 0 Å². The second-order valence-corrected chi connectivity index (χ2v) is 11.0. The Labute approximate surface area is 315 Å². The number of carbonyl (C=O) groups is 3. The Morgan fingerprint density at radius 2 is 1.20 bits per heavy atom. The molecule has 19 heteroatoms. The van der Waals surface area contributed by atoms with Crippen LogP contribution in [0.5, 0.6) is 0 Å². The van der Waals surface area contributed by atoms with Crippen molar-refractivity contribution in [3.8, 4) is 18.2 Å². The Morgan fingerprint density at radius 3 is 1.60 bits per heavy atom. The first-order valence-electron chi connectivity index (χ1n) is 15.0. The van der Waals surface area contributed by atoms with Crippen molar-refractivity contribution in [2.45, 2.75) is 13.1 Å². The van der Waals surface area contributed by atoms with Crippen LogP contribution in [-0.4, -0.2) is 51.7 Å². The van der Waals surface area contributed by atoms with Gasteiger partial charge in [-0.05, 0) is 36.4 Å². The maximum atomic E-state index is 13.4. The zero-order chi connectivity index (χ0) is 40.5. The molecule has 0 aliphatic carbocycles. The quantitative estimate of drug-likeness (QED) is 0.0996. The topological polar surface area (TPSA) is 187 Å². The summed E-state index contributed by atoms with van der Waals surface area (Å²) in [5.41, 5.74) is 0.374. The molecule has 0 saturated carbocycles. The largest absolute Gasteiger partial charge is 0.336 e. The molecule has 12 nitrogen and oxygen atoms in total. The van der Waals surface area contributed by atoms with E-state index in [0.29, 0.717) is 23.9 Å². The summed E-state index contributed by atoms with van der Waals surface area (Å²) in [6.45, 7) is -0.372. The molecule has 0 fully saturated rings. The van der Waals surface area contributed by atoms with Crippen LogP contribution in [0.1, 0.15) is 48.2 Å². The molecule has 0 radical (unpaired) electrons. The van der Waals surface area contributed by atoms with Gasteiger partial charge in [0.25, 0.3) is 0 Å². The Morgan fingerprint density at radius 1 is 0.673 bits per heavy atom. The standard InChI is InChI=1S/2C12H7F2N3O.C8H5BrF2O.C4H3N3/c13-8-1-2-10(11(14)3-8)12(18)6-17-5-9(4-15)16-7-17;13-8-1-2-10(11(14)3-8)12(18)6-17-7-16-5-9(17)4-15;9-4-8(12)6-2-1-5(10)3-7(6)11;5-1-4-2-6-3-7-4/h2*1-3,5,7H,6H2;1-3H,4H2;2-3H,(H,6,7). The highest BCUT2D eigenvalue weighted by Gasteiger charge is 2.15. The van der Waals surface area contributed by atoms with E-state index in [9.17, 15) is 40.7 Å². The van der Waals surface area contributed by atoms with Gasteiger partial charge in [0.05, 0.1) is 66.5 Å². The Balaban J connectivity index is 0.000000207. The number of aromatic amines is 1. The third kappa shape index (κ3) is 12.8. The molecule has 0 aliphatic heterocycles. The van der Waals surface area contributed by atoms with Crippen LogP contribution in [-0.2, 0) is 13.1 Å². The lowest BCUT2D eigenvalue weighted by molar-refractivity contribution is 0.0959. The van der Waals surface area contributed by atoms with Gasteiger partial charge in [0, 0.05) is 24.4 Å². The smallest absolute Gasteiger partial charge is 0.185 e. The normalized spacial score (nSPS) is 9.75. The van der Waals surface area contributed by atoms with Crippen LogP contribution in [0.3, 0.4) is 0 Å². The van der Waals surface area contributed by atoms with E-state index in [2.05, 4.69) is 35.9 Å². The lowest BCUT2D eigenvalue weighted by Gasteiger charge is -2.04. The molecule has 0 unspecified atom stereocenters. The third-order valence-electron chi connectivity index (χ3n) is 6.65. The molecule has 0 amide bonds. The van der Waals surface area contributed by atoms with Crippen LogP contribution in [0.4, 0.5) is 26.3 Å². The number of carbonyl (C=O) groups excluding carboxylic acids is 3. The van der Waals surface area contributed by atoms with Crippen LogP contribution in [0, 0.1) is 68.9 Å². The summed E-state index contributed by atoms with van der Waals surface area (Å²) in [7, 11) is 0. The number of benzene rings is 3. The van der Waals surface area contributed by atoms with Gasteiger partial charge in [-0.2, -0.15) is 15.8 Å². The number of H-pyrrole nitrogens is 1. The van der Waals surface area contributed by atoms with E-state index in [4.69, 9.17) is 15.8 Å². The number of hydrogen-bond acceptors (Lipinski definition) is 9. The number of nitrogens with one attached hydrogen (secondary N) is 1. The first-order valence-corrected chi connectivity index (χ1v) is 16.1. The highest BCUT2D eigenvalue weighted by Crippen LogP contribution is 2.14. The molecule has 6 aromatic rings. The first-order chi connectivity index (χ1) is 26.3. The summed E-state index contributed by atoms with van der Waals surface area (Å²) >= 11 is 2.89. The van der Waals surface area contributed by atoms with Gasteiger partial charge in [0.1, 0.15) is 64.5 Å². The lowest BCUT2D eigenvalue weighted by atomic mass is 10.1. The maximum absolute atomic E-state index is 13.4. The Hall–Kier alpha value is -7.17. The number of halogens is 7. The Kier molecular flexibility index (Phi) is 15.9. The second kappa shape index (κ2) is 20.8. The third-order valence-corrected chi connectivity index (χ3v) is 7.16. The van der Waals surface area contributed by atoms with Crippen molar-refractivity contribution in [1.82, 2.24) is 29.1 Å². The fourth-order valence-electron chi connectivity index (χ4n) is 4.07. The number of ketones is 3. The summed E-state index contributed by atoms with van der Waals surface area (Å²) in [5, 5.41) is 25.4. The lowest BCUT2D eigenvalue weighted by Crippen LogP contribution is -2.12. The maximum Gasteiger partial charge on any atom is 0.185 e. The van der Waals surface area contributed by atoms with E-state index >= 15 is 0 Å². The highest BCUT2D eigenvalue weighted by molar-refractivity contribution is 9.09. The molecule has 0 spiro atoms. The molecule has 3 heterocycles. The van der Waals surface area contributed by atoms with Gasteiger partial charge in [0.2, 0.25) is 0 Å². The van der Waals surface area contributed by atoms with E-state index in [-0.39, 0.29) is 46.5 Å². The van der Waals surface area contributed by atoms with Crippen molar-refractivity contribution in [2.24, 2.45) is 0 Å². The molecular formula is C36H22BrF6N9O3. The predicted octanol–water partition coefficient (Wildman–Crippen LogP) is 6.66. The van der Waals surface area contributed by atoms with Crippen LogP contribution < -0.4 is 0 Å². The van der Waals surface area contributed by atoms with E-state index in [0.717, 1.165) is 36.4 Å². The summed E-state index contributed by atoms with van der Waals surface area (Å²) in [6.07, 6.45) is 8.22. The van der Waals surface area contributed by atoms with Gasteiger partial charge in [-0.25, -0.2) is 41.3 Å². The number of alkyl halides is 1. The van der Waals surface area contributed by atoms with Crippen LogP contribution in [0.15, 0.2) is 92.2 Å². The second-order valence-electron chi connectivity index (χ2n) is 10.4. The molecule has 278 valence electrons. The minimum absolute atomic E-state index is 0.0373. The average Bonchev–Trinajstić information content (AvgIpc) is 3.95. The Bertz CT molecular complexity index is 2410. The van der Waals surface area contributed by atoms with E-state index in [1.54, 1.807) is 0 Å².